The van der Waals surface area contributed by atoms with Gasteiger partial charge in [0.25, 0.3) is 5.56 Å². The lowest BCUT2D eigenvalue weighted by molar-refractivity contribution is -0.134. The van der Waals surface area contributed by atoms with Gasteiger partial charge in [0.1, 0.15) is 5.60 Å². The minimum absolute atomic E-state index is 0.494. The number of aromatic amines is 1. The summed E-state index contributed by atoms with van der Waals surface area (Å²) >= 11 is 6.15. The van der Waals surface area contributed by atoms with Crippen molar-refractivity contribution in [2.45, 2.75) is 24.1 Å². The molecular formula is C11H14ClFN2O5. The van der Waals surface area contributed by atoms with E-state index in [1.165, 1.54) is 0 Å². The number of hydrogen-bond acceptors (Lipinski definition) is 5. The lowest BCUT2D eigenvalue weighted by atomic mass is 9.90. The maximum Gasteiger partial charge on any atom is 0.330 e. The average molecular weight is 309 g/mol. The van der Waals surface area contributed by atoms with Crippen molar-refractivity contribution in [1.82, 2.24) is 9.55 Å². The Hall–Kier alpha value is -1.22. The molecule has 20 heavy (non-hydrogen) atoms. The molecule has 2 heterocycles. The first-order chi connectivity index (χ1) is 9.36. The molecule has 1 aromatic heterocycles. The summed E-state index contributed by atoms with van der Waals surface area (Å²) in [5.74, 6) is -1.65. The Kier molecular flexibility index (Phi) is 4.01. The molecule has 1 aliphatic rings. The number of hydrogen-bond donors (Lipinski definition) is 3. The fourth-order valence-corrected chi connectivity index (χ4v) is 2.62. The summed E-state index contributed by atoms with van der Waals surface area (Å²) < 4.78 is 19.6. The first-order valence-corrected chi connectivity index (χ1v) is 6.34. The Bertz CT molecular complexity index is 612. The molecule has 1 aromatic rings. The largest absolute Gasteiger partial charge is 0.393 e. The van der Waals surface area contributed by atoms with Gasteiger partial charge in [0.2, 0.25) is 5.82 Å². The summed E-state index contributed by atoms with van der Waals surface area (Å²) in [4.78, 5) is 24.5. The zero-order valence-electron chi connectivity index (χ0n) is 10.5. The molecule has 0 spiro atoms. The summed E-state index contributed by atoms with van der Waals surface area (Å²) in [6.07, 6.45) is -0.413. The Labute approximate surface area is 117 Å². The predicted octanol–water partition coefficient (Wildman–Crippen LogP) is -0.829. The van der Waals surface area contributed by atoms with Crippen molar-refractivity contribution in [1.29, 1.82) is 0 Å². The maximum atomic E-state index is 13.3. The molecule has 1 aliphatic heterocycles. The quantitative estimate of drug-likeness (QED) is 0.632. The number of aromatic nitrogens is 2. The fourth-order valence-electron chi connectivity index (χ4n) is 2.22. The predicted molar refractivity (Wildman–Crippen MR) is 67.1 cm³/mol. The Morgan fingerprint density at radius 3 is 2.60 bits per heavy atom. The van der Waals surface area contributed by atoms with Crippen LogP contribution in [0.1, 0.15) is 13.2 Å². The van der Waals surface area contributed by atoms with Crippen molar-refractivity contribution in [3.8, 4) is 0 Å². The van der Waals surface area contributed by atoms with Crippen LogP contribution in [-0.4, -0.2) is 44.0 Å². The molecule has 0 saturated carbocycles. The van der Waals surface area contributed by atoms with Crippen LogP contribution in [0, 0.1) is 11.7 Å². The number of nitrogens with zero attached hydrogens (tertiary/aromatic N) is 1. The lowest BCUT2D eigenvalue weighted by Gasteiger charge is -2.28. The molecule has 9 heteroatoms. The molecule has 0 aromatic carbocycles. The Morgan fingerprint density at radius 2 is 2.10 bits per heavy atom. The van der Waals surface area contributed by atoms with Crippen LogP contribution < -0.4 is 11.2 Å². The number of rotatable bonds is 3. The fraction of sp³-hybridized carbons (Fsp3) is 0.636. The monoisotopic (exact) mass is 308 g/mol. The van der Waals surface area contributed by atoms with Crippen LogP contribution in [0.4, 0.5) is 4.39 Å². The van der Waals surface area contributed by atoms with Crippen LogP contribution in [0.3, 0.4) is 0 Å². The van der Waals surface area contributed by atoms with Gasteiger partial charge in [-0.25, -0.2) is 4.79 Å². The van der Waals surface area contributed by atoms with Gasteiger partial charge in [-0.1, -0.05) is 6.92 Å². The van der Waals surface area contributed by atoms with Crippen LogP contribution in [0.5, 0.6) is 0 Å². The molecule has 0 unspecified atom stereocenters. The summed E-state index contributed by atoms with van der Waals surface area (Å²) in [7, 11) is 0. The van der Waals surface area contributed by atoms with E-state index in [4.69, 9.17) is 16.3 Å². The minimum atomic E-state index is -1.33. The van der Waals surface area contributed by atoms with E-state index in [9.17, 15) is 24.2 Å². The summed E-state index contributed by atoms with van der Waals surface area (Å²) in [6.45, 7) is 0.618. The third-order valence-electron chi connectivity index (χ3n) is 3.67. The SMILES string of the molecule is C[C@H]1[C@H](Cl)[C@H](n2cc(F)c(=O)[nH]c2=O)OC1(CO)CO. The van der Waals surface area contributed by atoms with Crippen molar-refractivity contribution in [2.24, 2.45) is 5.92 Å². The van der Waals surface area contributed by atoms with Crippen molar-refractivity contribution < 1.29 is 19.3 Å². The number of ether oxygens (including phenoxy) is 1. The molecule has 0 bridgehead atoms. The van der Waals surface area contributed by atoms with Gasteiger partial charge in [-0.05, 0) is 0 Å². The van der Waals surface area contributed by atoms with Crippen molar-refractivity contribution in [3.05, 3.63) is 32.9 Å². The van der Waals surface area contributed by atoms with Gasteiger partial charge >= 0.3 is 5.69 Å². The molecule has 7 nitrogen and oxygen atoms in total. The van der Waals surface area contributed by atoms with Crippen LogP contribution >= 0.6 is 11.6 Å². The van der Waals surface area contributed by atoms with Gasteiger partial charge in [0.05, 0.1) is 24.8 Å². The van der Waals surface area contributed by atoms with Gasteiger partial charge in [-0.2, -0.15) is 4.39 Å². The van der Waals surface area contributed by atoms with Crippen LogP contribution in [0.2, 0.25) is 0 Å². The van der Waals surface area contributed by atoms with E-state index >= 15 is 0 Å². The Balaban J connectivity index is 2.47. The van der Waals surface area contributed by atoms with Gasteiger partial charge in [-0.15, -0.1) is 11.6 Å². The van der Waals surface area contributed by atoms with E-state index in [0.29, 0.717) is 6.20 Å². The van der Waals surface area contributed by atoms with E-state index in [1.807, 2.05) is 0 Å². The highest BCUT2D eigenvalue weighted by Gasteiger charge is 2.52. The molecule has 1 saturated heterocycles. The zero-order valence-corrected chi connectivity index (χ0v) is 11.3. The van der Waals surface area contributed by atoms with E-state index < -0.39 is 53.4 Å². The van der Waals surface area contributed by atoms with E-state index in [0.717, 1.165) is 4.57 Å². The number of H-pyrrole nitrogens is 1. The number of alkyl halides is 1. The Morgan fingerprint density at radius 1 is 1.50 bits per heavy atom. The van der Waals surface area contributed by atoms with Crippen molar-refractivity contribution in [3.63, 3.8) is 0 Å². The molecule has 3 N–H and O–H groups in total. The topological polar surface area (TPSA) is 105 Å². The highest BCUT2D eigenvalue weighted by molar-refractivity contribution is 6.21. The second kappa shape index (κ2) is 5.28. The van der Waals surface area contributed by atoms with E-state index in [-0.39, 0.29) is 0 Å². The highest BCUT2D eigenvalue weighted by atomic mass is 35.5. The van der Waals surface area contributed by atoms with Gasteiger partial charge in [-0.3, -0.25) is 14.3 Å². The normalized spacial score (nSPS) is 28.8. The van der Waals surface area contributed by atoms with Crippen LogP contribution in [-0.2, 0) is 4.74 Å². The maximum absolute atomic E-state index is 13.3. The molecule has 0 aliphatic carbocycles. The van der Waals surface area contributed by atoms with E-state index in [1.54, 1.807) is 11.9 Å². The van der Waals surface area contributed by atoms with Gasteiger partial charge < -0.3 is 14.9 Å². The average Bonchev–Trinajstić information content (AvgIpc) is 2.68. The van der Waals surface area contributed by atoms with Crippen molar-refractivity contribution in [2.75, 3.05) is 13.2 Å². The molecule has 2 rings (SSSR count). The van der Waals surface area contributed by atoms with Gasteiger partial charge in [0.15, 0.2) is 6.23 Å². The molecular weight excluding hydrogens is 295 g/mol. The second-order valence-corrected chi connectivity index (χ2v) is 5.27. The summed E-state index contributed by atoms with van der Waals surface area (Å²) in [5.41, 5.74) is -3.35. The number of aliphatic hydroxyl groups is 2. The molecule has 0 amide bonds. The third kappa shape index (κ3) is 2.18. The highest BCUT2D eigenvalue weighted by Crippen LogP contribution is 2.43. The third-order valence-corrected chi connectivity index (χ3v) is 4.26. The number of aliphatic hydroxyl groups excluding tert-OH is 2. The molecule has 112 valence electrons. The number of nitrogens with one attached hydrogen (secondary N) is 1. The lowest BCUT2D eigenvalue weighted by Crippen LogP contribution is -2.43. The minimum Gasteiger partial charge on any atom is -0.393 e. The van der Waals surface area contributed by atoms with E-state index in [2.05, 4.69) is 0 Å². The number of halogens is 2. The first-order valence-electron chi connectivity index (χ1n) is 5.91. The van der Waals surface area contributed by atoms with Gasteiger partial charge in [0, 0.05) is 5.92 Å². The second-order valence-electron chi connectivity index (χ2n) is 4.77. The van der Waals surface area contributed by atoms with Crippen LogP contribution in [0.25, 0.3) is 0 Å². The summed E-state index contributed by atoms with van der Waals surface area (Å²) in [5, 5.41) is 18.0. The zero-order chi connectivity index (χ0) is 15.1. The van der Waals surface area contributed by atoms with Crippen molar-refractivity contribution >= 4 is 11.6 Å². The molecule has 1 fully saturated rings. The molecule has 0 radical (unpaired) electrons. The standard InChI is InChI=1S/C11H14ClFN2O5/c1-5-7(12)9(20-11(5,3-16)4-17)15-2-6(13)8(18)14-10(15)19/h2,5,7,9,16-17H,3-4H2,1H3,(H,14,18,19)/t5-,7-,9+/m0/s1. The summed E-state index contributed by atoms with van der Waals surface area (Å²) in [6, 6.07) is 0. The van der Waals surface area contributed by atoms with Crippen LogP contribution in [0.15, 0.2) is 15.8 Å². The smallest absolute Gasteiger partial charge is 0.330 e. The first kappa shape index (κ1) is 15.2. The molecule has 3 atom stereocenters.